The van der Waals surface area contributed by atoms with Crippen molar-refractivity contribution in [2.75, 3.05) is 0 Å². The minimum absolute atomic E-state index is 0.0526. The number of nitro benzene ring substituents is 1. The van der Waals surface area contributed by atoms with Gasteiger partial charge in [0.2, 0.25) is 5.78 Å². The van der Waals surface area contributed by atoms with Crippen molar-refractivity contribution in [3.8, 4) is 0 Å². The van der Waals surface area contributed by atoms with E-state index >= 15 is 0 Å². The molecular formula is C17H11NO4S. The van der Waals surface area contributed by atoms with Gasteiger partial charge in [0.1, 0.15) is 0 Å². The predicted molar refractivity (Wildman–Crippen MR) is 86.8 cm³/mol. The van der Waals surface area contributed by atoms with E-state index < -0.39 is 4.92 Å². The van der Waals surface area contributed by atoms with E-state index in [0.717, 1.165) is 11.8 Å². The molecular weight excluding hydrogens is 314 g/mol. The molecule has 1 aliphatic rings. The van der Waals surface area contributed by atoms with Crippen molar-refractivity contribution < 1.29 is 14.5 Å². The quantitative estimate of drug-likeness (QED) is 0.628. The number of thioether (sulfide) groups is 1. The van der Waals surface area contributed by atoms with Gasteiger partial charge in [0.25, 0.3) is 5.69 Å². The Kier molecular flexibility index (Phi) is 3.83. The lowest BCUT2D eigenvalue weighted by Gasteiger charge is -2.18. The standard InChI is InChI=1S/C17H11NO4S/c1-10-15(19)13-7-2-3-8-14(13)16(20)17(10)23-12-6-4-5-11(9-12)18(21)22/h2-9H,1H3. The van der Waals surface area contributed by atoms with Gasteiger partial charge in [0.15, 0.2) is 5.78 Å². The molecule has 0 saturated carbocycles. The molecule has 0 fully saturated rings. The van der Waals surface area contributed by atoms with Crippen LogP contribution in [-0.4, -0.2) is 16.5 Å². The summed E-state index contributed by atoms with van der Waals surface area (Å²) in [4.78, 5) is 36.3. The molecule has 0 radical (unpaired) electrons. The molecule has 23 heavy (non-hydrogen) atoms. The number of nitro groups is 1. The Balaban J connectivity index is 2.02. The normalized spacial score (nSPS) is 14.0. The molecule has 0 atom stereocenters. The average Bonchev–Trinajstić information content (AvgIpc) is 2.57. The van der Waals surface area contributed by atoms with Gasteiger partial charge in [-0.25, -0.2) is 0 Å². The molecule has 2 aromatic rings. The second kappa shape index (κ2) is 5.81. The molecule has 0 amide bonds. The molecule has 0 heterocycles. The zero-order chi connectivity index (χ0) is 16.6. The number of ketones is 2. The SMILES string of the molecule is CC1=C(Sc2cccc([N+](=O)[O-])c2)C(=O)c2ccccc2C1=O. The summed E-state index contributed by atoms with van der Waals surface area (Å²) in [5, 5.41) is 10.9. The Hall–Kier alpha value is -2.73. The zero-order valence-corrected chi connectivity index (χ0v) is 12.9. The van der Waals surface area contributed by atoms with Gasteiger partial charge in [-0.2, -0.15) is 0 Å². The first-order chi connectivity index (χ1) is 11.0. The lowest BCUT2D eigenvalue weighted by molar-refractivity contribution is -0.385. The Morgan fingerprint density at radius 3 is 2.26 bits per heavy atom. The molecule has 0 spiro atoms. The fourth-order valence-electron chi connectivity index (χ4n) is 2.38. The molecule has 0 saturated heterocycles. The number of carbonyl (C=O) groups is 2. The summed E-state index contributed by atoms with van der Waals surface area (Å²) in [5.41, 5.74) is 1.09. The predicted octanol–water partition coefficient (Wildman–Crippen LogP) is 4.04. The molecule has 1 aliphatic carbocycles. The molecule has 5 nitrogen and oxygen atoms in total. The first kappa shape index (κ1) is 15.2. The number of hydrogen-bond acceptors (Lipinski definition) is 5. The van der Waals surface area contributed by atoms with Crippen molar-refractivity contribution in [1.29, 1.82) is 0 Å². The van der Waals surface area contributed by atoms with Gasteiger partial charge in [-0.05, 0) is 13.0 Å². The van der Waals surface area contributed by atoms with Crippen LogP contribution in [0.4, 0.5) is 5.69 Å². The molecule has 2 aromatic carbocycles. The Labute approximate surface area is 136 Å². The summed E-state index contributed by atoms with van der Waals surface area (Å²) in [6.07, 6.45) is 0. The van der Waals surface area contributed by atoms with Crippen molar-refractivity contribution in [3.05, 3.63) is 80.3 Å². The van der Waals surface area contributed by atoms with Crippen LogP contribution in [0.2, 0.25) is 0 Å². The van der Waals surface area contributed by atoms with Gasteiger partial charge in [-0.1, -0.05) is 42.1 Å². The smallest absolute Gasteiger partial charge is 0.270 e. The average molecular weight is 325 g/mol. The van der Waals surface area contributed by atoms with E-state index in [9.17, 15) is 19.7 Å². The molecule has 0 aromatic heterocycles. The Bertz CT molecular complexity index is 886. The van der Waals surface area contributed by atoms with E-state index in [0.29, 0.717) is 26.5 Å². The van der Waals surface area contributed by atoms with Gasteiger partial charge in [-0.3, -0.25) is 19.7 Å². The van der Waals surface area contributed by atoms with Crippen LogP contribution in [0.5, 0.6) is 0 Å². The number of non-ortho nitro benzene ring substituents is 1. The van der Waals surface area contributed by atoms with Crippen LogP contribution in [-0.2, 0) is 0 Å². The minimum Gasteiger partial charge on any atom is -0.289 e. The lowest BCUT2D eigenvalue weighted by atomic mass is 9.90. The number of allylic oxidation sites excluding steroid dienone is 2. The van der Waals surface area contributed by atoms with E-state index in [4.69, 9.17) is 0 Å². The van der Waals surface area contributed by atoms with Gasteiger partial charge in [-0.15, -0.1) is 0 Å². The highest BCUT2D eigenvalue weighted by Crippen LogP contribution is 2.37. The van der Waals surface area contributed by atoms with E-state index in [1.165, 1.54) is 12.1 Å². The molecule has 0 unspecified atom stereocenters. The summed E-state index contributed by atoms with van der Waals surface area (Å²) in [7, 11) is 0. The molecule has 0 N–H and O–H groups in total. The van der Waals surface area contributed by atoms with Crippen molar-refractivity contribution in [3.63, 3.8) is 0 Å². The van der Waals surface area contributed by atoms with Crippen molar-refractivity contribution in [2.24, 2.45) is 0 Å². The number of Topliss-reactive ketones (excluding diaryl/α,β-unsaturated/α-hetero) is 2. The van der Waals surface area contributed by atoms with Crippen LogP contribution in [0.3, 0.4) is 0 Å². The maximum atomic E-state index is 12.6. The van der Waals surface area contributed by atoms with Crippen LogP contribution in [0.15, 0.2) is 63.9 Å². The summed E-state index contributed by atoms with van der Waals surface area (Å²) in [6.45, 7) is 1.61. The molecule has 0 aliphatic heterocycles. The molecule has 0 bridgehead atoms. The molecule has 3 rings (SSSR count). The fourth-order valence-corrected chi connectivity index (χ4v) is 3.39. The third kappa shape index (κ3) is 2.68. The summed E-state index contributed by atoms with van der Waals surface area (Å²) in [5.74, 6) is -0.415. The second-order valence-corrected chi connectivity index (χ2v) is 6.10. The zero-order valence-electron chi connectivity index (χ0n) is 12.1. The summed E-state index contributed by atoms with van der Waals surface area (Å²) in [6, 6.07) is 12.7. The van der Waals surface area contributed by atoms with Crippen LogP contribution >= 0.6 is 11.8 Å². The number of rotatable bonds is 3. The minimum atomic E-state index is -0.492. The van der Waals surface area contributed by atoms with Crippen LogP contribution in [0, 0.1) is 10.1 Å². The third-order valence-electron chi connectivity index (χ3n) is 3.55. The topological polar surface area (TPSA) is 77.3 Å². The van der Waals surface area contributed by atoms with Crippen molar-refractivity contribution in [2.45, 2.75) is 11.8 Å². The maximum absolute atomic E-state index is 12.6. The van der Waals surface area contributed by atoms with Crippen LogP contribution < -0.4 is 0 Å². The van der Waals surface area contributed by atoms with E-state index in [2.05, 4.69) is 0 Å². The molecule has 114 valence electrons. The van der Waals surface area contributed by atoms with Crippen LogP contribution in [0.25, 0.3) is 0 Å². The lowest BCUT2D eigenvalue weighted by Crippen LogP contribution is -2.19. The second-order valence-electron chi connectivity index (χ2n) is 5.01. The monoisotopic (exact) mass is 325 g/mol. The first-order valence-corrected chi connectivity index (χ1v) is 7.62. The van der Waals surface area contributed by atoms with E-state index in [1.807, 2.05) is 0 Å². The largest absolute Gasteiger partial charge is 0.289 e. The number of nitrogens with zero attached hydrogens (tertiary/aromatic N) is 1. The highest BCUT2D eigenvalue weighted by atomic mass is 32.2. The van der Waals surface area contributed by atoms with E-state index in [-0.39, 0.29) is 17.3 Å². The summed E-state index contributed by atoms with van der Waals surface area (Å²) >= 11 is 1.08. The van der Waals surface area contributed by atoms with Gasteiger partial charge < -0.3 is 0 Å². The third-order valence-corrected chi connectivity index (χ3v) is 4.74. The van der Waals surface area contributed by atoms with Crippen molar-refractivity contribution in [1.82, 2.24) is 0 Å². The fraction of sp³-hybridized carbons (Fsp3) is 0.0588. The molecule has 6 heteroatoms. The van der Waals surface area contributed by atoms with Gasteiger partial charge in [0, 0.05) is 33.7 Å². The number of carbonyl (C=O) groups excluding carboxylic acids is 2. The highest BCUT2D eigenvalue weighted by molar-refractivity contribution is 8.04. The number of fused-ring (bicyclic) bond motifs is 1. The number of hydrogen-bond donors (Lipinski definition) is 0. The first-order valence-electron chi connectivity index (χ1n) is 6.80. The van der Waals surface area contributed by atoms with Crippen molar-refractivity contribution >= 4 is 29.0 Å². The summed E-state index contributed by atoms with van der Waals surface area (Å²) < 4.78 is 0. The highest BCUT2D eigenvalue weighted by Gasteiger charge is 2.30. The van der Waals surface area contributed by atoms with Gasteiger partial charge in [0.05, 0.1) is 9.83 Å². The number of benzene rings is 2. The Morgan fingerprint density at radius 1 is 0.957 bits per heavy atom. The van der Waals surface area contributed by atoms with Crippen LogP contribution in [0.1, 0.15) is 27.6 Å². The maximum Gasteiger partial charge on any atom is 0.270 e. The van der Waals surface area contributed by atoms with Gasteiger partial charge >= 0.3 is 0 Å². The Morgan fingerprint density at radius 2 is 1.61 bits per heavy atom. The van der Waals surface area contributed by atoms with E-state index in [1.54, 1.807) is 43.3 Å².